The van der Waals surface area contributed by atoms with Crippen molar-refractivity contribution in [1.29, 1.82) is 0 Å². The van der Waals surface area contributed by atoms with Crippen LogP contribution < -0.4 is 5.32 Å². The molecule has 134 valence electrons. The van der Waals surface area contributed by atoms with Gasteiger partial charge in [-0.3, -0.25) is 19.3 Å². The molecule has 5 nitrogen and oxygen atoms in total. The van der Waals surface area contributed by atoms with E-state index >= 15 is 0 Å². The van der Waals surface area contributed by atoms with Gasteiger partial charge in [0.25, 0.3) is 11.8 Å². The third-order valence-corrected chi connectivity index (χ3v) is 4.66. The minimum atomic E-state index is -0.422. The molecule has 1 heterocycles. The molecule has 5 heteroatoms. The second-order valence-corrected chi connectivity index (χ2v) is 6.85. The molecule has 0 fully saturated rings. The fraction of sp³-hybridized carbons (Fsp3) is 0.286. The average molecular weight is 350 g/mol. The van der Waals surface area contributed by atoms with Crippen LogP contribution in [0.15, 0.2) is 48.5 Å². The fourth-order valence-corrected chi connectivity index (χ4v) is 3.07. The van der Waals surface area contributed by atoms with E-state index in [0.717, 1.165) is 10.5 Å². The van der Waals surface area contributed by atoms with Crippen molar-refractivity contribution in [3.05, 3.63) is 70.8 Å². The first-order valence-corrected chi connectivity index (χ1v) is 8.73. The number of benzene rings is 2. The van der Waals surface area contributed by atoms with Crippen LogP contribution in [0.1, 0.15) is 64.6 Å². The molecule has 1 N–H and O–H groups in total. The standard InChI is InChI=1S/C21H22N2O3/c1-13(2)15-8-10-16(11-9-15)14(3)22-19(24)12-23-20(25)17-6-4-5-7-18(17)21(23)26/h4-11,13-14H,12H2,1-3H3,(H,22,24). The summed E-state index contributed by atoms with van der Waals surface area (Å²) in [6, 6.07) is 14.5. The second kappa shape index (κ2) is 7.12. The number of imide groups is 1. The van der Waals surface area contributed by atoms with Gasteiger partial charge in [0, 0.05) is 0 Å². The zero-order valence-electron chi connectivity index (χ0n) is 15.2. The van der Waals surface area contributed by atoms with Crippen LogP contribution >= 0.6 is 0 Å². The van der Waals surface area contributed by atoms with E-state index < -0.39 is 11.8 Å². The number of nitrogens with one attached hydrogen (secondary N) is 1. The van der Waals surface area contributed by atoms with Crippen LogP contribution in [0.4, 0.5) is 0 Å². The topological polar surface area (TPSA) is 66.5 Å². The number of rotatable bonds is 5. The third-order valence-electron chi connectivity index (χ3n) is 4.66. The summed E-state index contributed by atoms with van der Waals surface area (Å²) < 4.78 is 0. The highest BCUT2D eigenvalue weighted by molar-refractivity contribution is 6.22. The van der Waals surface area contributed by atoms with Crippen molar-refractivity contribution in [2.24, 2.45) is 0 Å². The minimum absolute atomic E-state index is 0.209. The predicted molar refractivity (Wildman–Crippen MR) is 98.9 cm³/mol. The fourth-order valence-electron chi connectivity index (χ4n) is 3.07. The van der Waals surface area contributed by atoms with E-state index in [4.69, 9.17) is 0 Å². The third kappa shape index (κ3) is 3.38. The molecule has 3 rings (SSSR count). The highest BCUT2D eigenvalue weighted by Crippen LogP contribution is 2.22. The Kier molecular flexibility index (Phi) is 4.89. The Bertz CT molecular complexity index is 821. The smallest absolute Gasteiger partial charge is 0.262 e. The Hall–Kier alpha value is -2.95. The normalized spacial score (nSPS) is 14.5. The molecule has 1 atom stereocenters. The second-order valence-electron chi connectivity index (χ2n) is 6.85. The van der Waals surface area contributed by atoms with Crippen molar-refractivity contribution >= 4 is 17.7 Å². The summed E-state index contributed by atoms with van der Waals surface area (Å²) in [7, 11) is 0. The molecular weight excluding hydrogens is 328 g/mol. The van der Waals surface area contributed by atoms with E-state index in [-0.39, 0.29) is 18.5 Å². The number of hydrogen-bond donors (Lipinski definition) is 1. The van der Waals surface area contributed by atoms with Crippen molar-refractivity contribution in [2.45, 2.75) is 32.7 Å². The molecule has 1 aliphatic rings. The summed E-state index contributed by atoms with van der Waals surface area (Å²) in [5.41, 5.74) is 2.91. The van der Waals surface area contributed by atoms with E-state index in [1.54, 1.807) is 24.3 Å². The van der Waals surface area contributed by atoms with Crippen molar-refractivity contribution in [2.75, 3.05) is 6.54 Å². The molecule has 0 saturated carbocycles. The number of amides is 3. The number of carbonyl (C=O) groups is 3. The van der Waals surface area contributed by atoms with Crippen molar-refractivity contribution < 1.29 is 14.4 Å². The lowest BCUT2D eigenvalue weighted by molar-refractivity contribution is -0.122. The quantitative estimate of drug-likeness (QED) is 0.842. The first-order valence-electron chi connectivity index (χ1n) is 8.73. The molecule has 2 aromatic carbocycles. The monoisotopic (exact) mass is 350 g/mol. The van der Waals surface area contributed by atoms with E-state index in [9.17, 15) is 14.4 Å². The molecule has 1 unspecified atom stereocenters. The van der Waals surface area contributed by atoms with E-state index in [1.807, 2.05) is 31.2 Å². The summed E-state index contributed by atoms with van der Waals surface area (Å²) in [6.45, 7) is 5.86. The van der Waals surface area contributed by atoms with Crippen LogP contribution in [0.25, 0.3) is 0 Å². The van der Waals surface area contributed by atoms with E-state index in [1.165, 1.54) is 5.56 Å². The Balaban J connectivity index is 1.64. The average Bonchev–Trinajstić information content (AvgIpc) is 2.87. The van der Waals surface area contributed by atoms with Crippen LogP contribution in [0.2, 0.25) is 0 Å². The SMILES string of the molecule is CC(C)c1ccc(C(C)NC(=O)CN2C(=O)c3ccccc3C2=O)cc1. The summed E-state index contributed by atoms with van der Waals surface area (Å²) in [6.07, 6.45) is 0. The molecule has 1 aliphatic heterocycles. The molecule has 0 radical (unpaired) electrons. The van der Waals surface area contributed by atoms with Gasteiger partial charge in [0.15, 0.2) is 0 Å². The molecule has 2 aromatic rings. The molecule has 0 bridgehead atoms. The summed E-state index contributed by atoms with van der Waals surface area (Å²) >= 11 is 0. The maximum absolute atomic E-state index is 12.3. The Morgan fingerprint density at radius 1 is 0.885 bits per heavy atom. The minimum Gasteiger partial charge on any atom is -0.348 e. The first-order chi connectivity index (χ1) is 12.4. The van der Waals surface area contributed by atoms with Gasteiger partial charge in [-0.05, 0) is 36.1 Å². The van der Waals surface area contributed by atoms with Gasteiger partial charge >= 0.3 is 0 Å². The van der Waals surface area contributed by atoms with Gasteiger partial charge in [-0.2, -0.15) is 0 Å². The van der Waals surface area contributed by atoms with Crippen LogP contribution in [0, 0.1) is 0 Å². The maximum Gasteiger partial charge on any atom is 0.262 e. The molecule has 0 aromatic heterocycles. The highest BCUT2D eigenvalue weighted by atomic mass is 16.2. The van der Waals surface area contributed by atoms with Gasteiger partial charge in [-0.25, -0.2) is 0 Å². The van der Waals surface area contributed by atoms with Gasteiger partial charge in [0.2, 0.25) is 5.91 Å². The van der Waals surface area contributed by atoms with Crippen molar-refractivity contribution in [3.63, 3.8) is 0 Å². The highest BCUT2D eigenvalue weighted by Gasteiger charge is 2.36. The van der Waals surface area contributed by atoms with Gasteiger partial charge in [-0.15, -0.1) is 0 Å². The number of hydrogen-bond acceptors (Lipinski definition) is 3. The largest absolute Gasteiger partial charge is 0.348 e. The summed E-state index contributed by atoms with van der Waals surface area (Å²) in [4.78, 5) is 38.0. The molecule has 3 amide bonds. The zero-order chi connectivity index (χ0) is 18.8. The number of fused-ring (bicyclic) bond motifs is 1. The van der Waals surface area contributed by atoms with Gasteiger partial charge < -0.3 is 5.32 Å². The van der Waals surface area contributed by atoms with E-state index in [0.29, 0.717) is 17.0 Å². The van der Waals surface area contributed by atoms with Crippen LogP contribution in [-0.4, -0.2) is 29.2 Å². The lowest BCUT2D eigenvalue weighted by atomic mass is 9.99. The van der Waals surface area contributed by atoms with Crippen LogP contribution in [0.3, 0.4) is 0 Å². The molecule has 0 aliphatic carbocycles. The van der Waals surface area contributed by atoms with Gasteiger partial charge in [-0.1, -0.05) is 50.2 Å². The Morgan fingerprint density at radius 2 is 1.38 bits per heavy atom. The number of nitrogens with zero attached hydrogens (tertiary/aromatic N) is 1. The Morgan fingerprint density at radius 3 is 1.88 bits per heavy atom. The Labute approximate surface area is 153 Å². The lowest BCUT2D eigenvalue weighted by Crippen LogP contribution is -2.41. The van der Waals surface area contributed by atoms with Gasteiger partial charge in [0.05, 0.1) is 17.2 Å². The van der Waals surface area contributed by atoms with Gasteiger partial charge in [0.1, 0.15) is 6.54 Å². The van der Waals surface area contributed by atoms with Crippen LogP contribution in [0.5, 0.6) is 0 Å². The van der Waals surface area contributed by atoms with E-state index in [2.05, 4.69) is 19.2 Å². The first kappa shape index (κ1) is 17.9. The molecule has 0 saturated heterocycles. The maximum atomic E-state index is 12.3. The molecule has 26 heavy (non-hydrogen) atoms. The predicted octanol–water partition coefficient (Wildman–Crippen LogP) is 3.28. The molecular formula is C21H22N2O3. The molecule has 0 spiro atoms. The van der Waals surface area contributed by atoms with Crippen molar-refractivity contribution in [3.8, 4) is 0 Å². The lowest BCUT2D eigenvalue weighted by Gasteiger charge is -2.18. The summed E-state index contributed by atoms with van der Waals surface area (Å²) in [5, 5.41) is 2.85. The summed E-state index contributed by atoms with van der Waals surface area (Å²) in [5.74, 6) is -0.757. The van der Waals surface area contributed by atoms with Crippen LogP contribution in [-0.2, 0) is 4.79 Å². The zero-order valence-corrected chi connectivity index (χ0v) is 15.2. The van der Waals surface area contributed by atoms with Crippen molar-refractivity contribution in [1.82, 2.24) is 10.2 Å². The number of carbonyl (C=O) groups excluding carboxylic acids is 3.